The van der Waals surface area contributed by atoms with E-state index in [0.29, 0.717) is 11.6 Å². The van der Waals surface area contributed by atoms with E-state index in [1.165, 1.54) is 12.1 Å². The summed E-state index contributed by atoms with van der Waals surface area (Å²) < 4.78 is 37.3. The van der Waals surface area contributed by atoms with E-state index < -0.39 is 11.7 Å². The van der Waals surface area contributed by atoms with E-state index in [9.17, 15) is 18.0 Å². The fourth-order valence-corrected chi connectivity index (χ4v) is 2.50. The van der Waals surface area contributed by atoms with Crippen LogP contribution in [0.5, 0.6) is 0 Å². The summed E-state index contributed by atoms with van der Waals surface area (Å²) in [5, 5.41) is 5.42. The van der Waals surface area contributed by atoms with E-state index in [-0.39, 0.29) is 12.1 Å². The summed E-state index contributed by atoms with van der Waals surface area (Å²) in [6, 6.07) is 4.21. The highest BCUT2D eigenvalue weighted by Gasteiger charge is 2.30. The second-order valence-corrected chi connectivity index (χ2v) is 5.63. The van der Waals surface area contributed by atoms with Crippen molar-refractivity contribution in [2.75, 3.05) is 5.32 Å². The molecule has 6 heteroatoms. The van der Waals surface area contributed by atoms with Crippen LogP contribution in [0.25, 0.3) is 0 Å². The number of alkyl halides is 3. The Morgan fingerprint density at radius 2 is 1.67 bits per heavy atom. The molecule has 0 radical (unpaired) electrons. The summed E-state index contributed by atoms with van der Waals surface area (Å²) in [7, 11) is 0. The van der Waals surface area contributed by atoms with Crippen LogP contribution in [-0.2, 0) is 6.18 Å². The molecule has 0 aromatic heterocycles. The van der Waals surface area contributed by atoms with Crippen LogP contribution in [0.2, 0.25) is 0 Å². The summed E-state index contributed by atoms with van der Waals surface area (Å²) in [5.41, 5.74) is -0.376. The minimum Gasteiger partial charge on any atom is -0.335 e. The SMILES string of the molecule is CC1CCC(NC(=O)Nc2ccc(C(F)(F)F)cc2)CC1. The van der Waals surface area contributed by atoms with Crippen molar-refractivity contribution in [3.63, 3.8) is 0 Å². The van der Waals surface area contributed by atoms with Crippen LogP contribution >= 0.6 is 0 Å². The third-order valence-electron chi connectivity index (χ3n) is 3.82. The molecule has 0 spiro atoms. The Hall–Kier alpha value is -1.72. The molecule has 1 saturated carbocycles. The summed E-state index contributed by atoms with van der Waals surface area (Å²) in [6.45, 7) is 2.19. The van der Waals surface area contributed by atoms with Crippen LogP contribution in [-0.4, -0.2) is 12.1 Å². The molecule has 2 amide bonds. The van der Waals surface area contributed by atoms with Gasteiger partial charge in [-0.25, -0.2) is 4.79 Å². The average molecular weight is 300 g/mol. The van der Waals surface area contributed by atoms with Gasteiger partial charge in [0.1, 0.15) is 0 Å². The first-order valence-electron chi connectivity index (χ1n) is 7.09. The Kier molecular flexibility index (Phi) is 4.75. The molecule has 1 aliphatic carbocycles. The minimum absolute atomic E-state index is 0.149. The van der Waals surface area contributed by atoms with Crippen LogP contribution in [0.3, 0.4) is 0 Å². The number of carbonyl (C=O) groups is 1. The van der Waals surface area contributed by atoms with Crippen molar-refractivity contribution in [1.82, 2.24) is 5.32 Å². The third kappa shape index (κ3) is 4.65. The molecule has 116 valence electrons. The number of rotatable bonds is 2. The topological polar surface area (TPSA) is 41.1 Å². The molecule has 2 rings (SSSR count). The maximum Gasteiger partial charge on any atom is 0.416 e. The van der Waals surface area contributed by atoms with Gasteiger partial charge < -0.3 is 10.6 Å². The fraction of sp³-hybridized carbons (Fsp3) is 0.533. The van der Waals surface area contributed by atoms with Crippen molar-refractivity contribution in [1.29, 1.82) is 0 Å². The lowest BCUT2D eigenvalue weighted by atomic mass is 9.87. The molecule has 2 N–H and O–H groups in total. The smallest absolute Gasteiger partial charge is 0.335 e. The van der Waals surface area contributed by atoms with Crippen molar-refractivity contribution in [2.24, 2.45) is 5.92 Å². The molecule has 0 unspecified atom stereocenters. The van der Waals surface area contributed by atoms with Gasteiger partial charge in [0, 0.05) is 11.7 Å². The number of nitrogens with one attached hydrogen (secondary N) is 2. The molecule has 0 heterocycles. The molecular weight excluding hydrogens is 281 g/mol. The lowest BCUT2D eigenvalue weighted by Gasteiger charge is -2.26. The molecule has 1 aromatic rings. The van der Waals surface area contributed by atoms with Gasteiger partial charge in [-0.15, -0.1) is 0 Å². The number of benzene rings is 1. The molecular formula is C15H19F3N2O. The van der Waals surface area contributed by atoms with Gasteiger partial charge >= 0.3 is 12.2 Å². The van der Waals surface area contributed by atoms with Crippen molar-refractivity contribution in [2.45, 2.75) is 44.8 Å². The highest BCUT2D eigenvalue weighted by Crippen LogP contribution is 2.29. The van der Waals surface area contributed by atoms with E-state index in [0.717, 1.165) is 37.8 Å². The number of amides is 2. The highest BCUT2D eigenvalue weighted by atomic mass is 19.4. The van der Waals surface area contributed by atoms with Crippen LogP contribution in [0.4, 0.5) is 23.7 Å². The standard InChI is InChI=1S/C15H19F3N2O/c1-10-2-6-12(7-3-10)19-14(21)20-13-8-4-11(5-9-13)15(16,17)18/h4-5,8-10,12H,2-3,6-7H2,1H3,(H2,19,20,21). The number of hydrogen-bond donors (Lipinski definition) is 2. The summed E-state index contributed by atoms with van der Waals surface area (Å²) in [6.07, 6.45) is -0.292. The zero-order valence-corrected chi connectivity index (χ0v) is 11.8. The first-order chi connectivity index (χ1) is 9.84. The third-order valence-corrected chi connectivity index (χ3v) is 3.82. The van der Waals surface area contributed by atoms with Gasteiger partial charge in [-0.05, 0) is 55.9 Å². The predicted molar refractivity (Wildman–Crippen MR) is 75.0 cm³/mol. The largest absolute Gasteiger partial charge is 0.416 e. The summed E-state index contributed by atoms with van der Waals surface area (Å²) >= 11 is 0. The molecule has 1 aliphatic rings. The Labute approximate surface area is 121 Å². The zero-order chi connectivity index (χ0) is 15.5. The van der Waals surface area contributed by atoms with Crippen molar-refractivity contribution >= 4 is 11.7 Å². The molecule has 3 nitrogen and oxygen atoms in total. The highest BCUT2D eigenvalue weighted by molar-refractivity contribution is 5.89. The van der Waals surface area contributed by atoms with Gasteiger partial charge in [0.25, 0.3) is 0 Å². The predicted octanol–water partition coefficient (Wildman–Crippen LogP) is 4.41. The molecule has 0 saturated heterocycles. The lowest BCUT2D eigenvalue weighted by Crippen LogP contribution is -2.39. The minimum atomic E-state index is -4.36. The van der Waals surface area contributed by atoms with Crippen LogP contribution in [0, 0.1) is 5.92 Å². The van der Waals surface area contributed by atoms with Crippen molar-refractivity contribution in [3.8, 4) is 0 Å². The molecule has 0 bridgehead atoms. The monoisotopic (exact) mass is 300 g/mol. The Morgan fingerprint density at radius 1 is 1.10 bits per heavy atom. The van der Waals surface area contributed by atoms with Crippen LogP contribution in [0.15, 0.2) is 24.3 Å². The maximum absolute atomic E-state index is 12.4. The van der Waals surface area contributed by atoms with E-state index >= 15 is 0 Å². The molecule has 0 aliphatic heterocycles. The molecule has 1 aromatic carbocycles. The quantitative estimate of drug-likeness (QED) is 0.834. The van der Waals surface area contributed by atoms with Gasteiger partial charge in [-0.2, -0.15) is 13.2 Å². The fourth-order valence-electron chi connectivity index (χ4n) is 2.50. The van der Waals surface area contributed by atoms with Crippen molar-refractivity contribution < 1.29 is 18.0 Å². The first kappa shape index (κ1) is 15.7. The van der Waals surface area contributed by atoms with Gasteiger partial charge in [0.2, 0.25) is 0 Å². The molecule has 21 heavy (non-hydrogen) atoms. The van der Waals surface area contributed by atoms with E-state index in [2.05, 4.69) is 17.6 Å². The number of carbonyl (C=O) groups excluding carboxylic acids is 1. The Balaban J connectivity index is 1.85. The normalized spacial score (nSPS) is 22.7. The second-order valence-electron chi connectivity index (χ2n) is 5.63. The van der Waals surface area contributed by atoms with E-state index in [1.807, 2.05) is 0 Å². The zero-order valence-electron chi connectivity index (χ0n) is 11.8. The summed E-state index contributed by atoms with van der Waals surface area (Å²) in [4.78, 5) is 11.8. The number of urea groups is 1. The maximum atomic E-state index is 12.4. The van der Waals surface area contributed by atoms with Crippen LogP contribution in [0.1, 0.15) is 38.2 Å². The second kappa shape index (κ2) is 6.37. The van der Waals surface area contributed by atoms with E-state index in [1.54, 1.807) is 0 Å². The van der Waals surface area contributed by atoms with Gasteiger partial charge in [0.15, 0.2) is 0 Å². The first-order valence-corrected chi connectivity index (χ1v) is 7.09. The van der Waals surface area contributed by atoms with Gasteiger partial charge in [-0.1, -0.05) is 6.92 Å². The van der Waals surface area contributed by atoms with Crippen LogP contribution < -0.4 is 10.6 Å². The molecule has 0 atom stereocenters. The average Bonchev–Trinajstić information content (AvgIpc) is 2.41. The Morgan fingerprint density at radius 3 is 2.19 bits per heavy atom. The van der Waals surface area contributed by atoms with Crippen molar-refractivity contribution in [3.05, 3.63) is 29.8 Å². The van der Waals surface area contributed by atoms with Gasteiger partial charge in [0.05, 0.1) is 5.56 Å². The number of hydrogen-bond acceptors (Lipinski definition) is 1. The van der Waals surface area contributed by atoms with Gasteiger partial charge in [-0.3, -0.25) is 0 Å². The Bertz CT molecular complexity index is 477. The number of halogens is 3. The summed E-state index contributed by atoms with van der Waals surface area (Å²) in [5.74, 6) is 0.695. The lowest BCUT2D eigenvalue weighted by molar-refractivity contribution is -0.137. The van der Waals surface area contributed by atoms with E-state index in [4.69, 9.17) is 0 Å². The molecule has 1 fully saturated rings. The number of anilines is 1.